The number of halogens is 3. The molecule has 0 atom stereocenters. The number of hydrogen-bond donors (Lipinski definition) is 0. The van der Waals surface area contributed by atoms with E-state index in [0.29, 0.717) is 5.56 Å². The zero-order chi connectivity index (χ0) is 16.1. The van der Waals surface area contributed by atoms with Gasteiger partial charge in [-0.2, -0.15) is 0 Å². The summed E-state index contributed by atoms with van der Waals surface area (Å²) in [4.78, 5) is 9.71. The van der Waals surface area contributed by atoms with E-state index in [2.05, 4.69) is 0 Å². The Kier molecular flexibility index (Phi) is 5.35. The van der Waals surface area contributed by atoms with Crippen LogP contribution in [0.15, 0.2) is 42.6 Å². The van der Waals surface area contributed by atoms with Gasteiger partial charge in [-0.15, -0.1) is 0 Å². The molecule has 7 heteroatoms. The Balaban J connectivity index is 2.14. The number of ether oxygens (including phenoxy) is 1. The molecule has 2 aromatic carbocycles. The van der Waals surface area contributed by atoms with Crippen molar-refractivity contribution in [3.05, 3.63) is 79.7 Å². The Morgan fingerprint density at radius 3 is 2.32 bits per heavy atom. The first-order chi connectivity index (χ1) is 10.5. The summed E-state index contributed by atoms with van der Waals surface area (Å²) in [5.74, 6) is -0.0624. The molecule has 0 N–H and O–H groups in total. The summed E-state index contributed by atoms with van der Waals surface area (Å²) < 4.78 is 18.3. The molecule has 4 nitrogen and oxygen atoms in total. The Hall–Kier alpha value is -2.11. The van der Waals surface area contributed by atoms with E-state index in [1.807, 2.05) is 0 Å². The number of nitrogens with zero attached hydrogens (tertiary/aromatic N) is 1. The molecule has 0 aromatic heterocycles. The van der Waals surface area contributed by atoms with Crippen molar-refractivity contribution in [3.8, 4) is 5.75 Å². The van der Waals surface area contributed by atoms with Crippen LogP contribution in [0.5, 0.6) is 5.75 Å². The fraction of sp³-hybridized carbons (Fsp3) is 0.0667. The van der Waals surface area contributed by atoms with Crippen LogP contribution in [0, 0.1) is 15.9 Å². The van der Waals surface area contributed by atoms with E-state index < -0.39 is 4.92 Å². The zero-order valence-corrected chi connectivity index (χ0v) is 12.6. The van der Waals surface area contributed by atoms with Crippen molar-refractivity contribution in [2.24, 2.45) is 0 Å². The molecule has 0 bridgehead atoms. The molecule has 0 spiro atoms. The molecule has 0 heterocycles. The zero-order valence-electron chi connectivity index (χ0n) is 11.1. The van der Waals surface area contributed by atoms with Gasteiger partial charge in [-0.05, 0) is 35.4 Å². The molecule has 114 valence electrons. The maximum absolute atomic E-state index is 12.8. The Bertz CT molecular complexity index is 694. The number of rotatable bonds is 5. The van der Waals surface area contributed by atoms with Gasteiger partial charge in [0.25, 0.3) is 0 Å². The van der Waals surface area contributed by atoms with Gasteiger partial charge < -0.3 is 4.74 Å². The van der Waals surface area contributed by atoms with Gasteiger partial charge in [0.2, 0.25) is 6.20 Å². The first-order valence-corrected chi connectivity index (χ1v) is 6.89. The molecular formula is C15H10Cl2FNO3. The second-order valence-electron chi connectivity index (χ2n) is 4.33. The van der Waals surface area contributed by atoms with E-state index in [9.17, 15) is 14.5 Å². The summed E-state index contributed by atoms with van der Waals surface area (Å²) in [6.07, 6.45) is 2.07. The fourth-order valence-electron chi connectivity index (χ4n) is 1.70. The fourth-order valence-corrected chi connectivity index (χ4v) is 2.31. The number of hydrogen-bond acceptors (Lipinski definition) is 3. The highest BCUT2D eigenvalue weighted by atomic mass is 35.5. The smallest absolute Gasteiger partial charge is 0.235 e. The lowest BCUT2D eigenvalue weighted by atomic mass is 10.2. The lowest BCUT2D eigenvalue weighted by Crippen LogP contribution is -1.97. The largest absolute Gasteiger partial charge is 0.486 e. The van der Waals surface area contributed by atoms with Crippen LogP contribution in [0.25, 0.3) is 6.08 Å². The van der Waals surface area contributed by atoms with E-state index in [-0.39, 0.29) is 28.2 Å². The van der Waals surface area contributed by atoms with Crippen molar-refractivity contribution >= 4 is 29.3 Å². The Labute approximate surface area is 135 Å². The molecule has 0 radical (unpaired) electrons. The summed E-state index contributed by atoms with van der Waals surface area (Å²) in [5.41, 5.74) is 1.24. The molecule has 2 aromatic rings. The van der Waals surface area contributed by atoms with Gasteiger partial charge in [0.15, 0.2) is 5.75 Å². The molecule has 0 fully saturated rings. The van der Waals surface area contributed by atoms with Crippen molar-refractivity contribution < 1.29 is 14.1 Å². The minimum absolute atomic E-state index is 0.170. The van der Waals surface area contributed by atoms with Crippen molar-refractivity contribution in [1.82, 2.24) is 0 Å². The third kappa shape index (κ3) is 4.44. The molecule has 0 amide bonds. The standard InChI is InChI=1S/C15H10Cl2FNO3/c16-13-7-11(5-6-19(20)21)8-14(17)15(13)22-9-10-1-3-12(18)4-2-10/h1-8H,9H2. The van der Waals surface area contributed by atoms with Gasteiger partial charge in [0.05, 0.1) is 15.0 Å². The Morgan fingerprint density at radius 2 is 1.77 bits per heavy atom. The molecule has 2 rings (SSSR count). The van der Waals surface area contributed by atoms with Crippen LogP contribution in [0.1, 0.15) is 11.1 Å². The van der Waals surface area contributed by atoms with Gasteiger partial charge in [0.1, 0.15) is 12.4 Å². The topological polar surface area (TPSA) is 52.4 Å². The van der Waals surface area contributed by atoms with Gasteiger partial charge in [0, 0.05) is 6.08 Å². The molecule has 0 aliphatic heterocycles. The van der Waals surface area contributed by atoms with Crippen molar-refractivity contribution in [1.29, 1.82) is 0 Å². The van der Waals surface area contributed by atoms with E-state index in [0.717, 1.165) is 11.8 Å². The first kappa shape index (κ1) is 16.3. The van der Waals surface area contributed by atoms with Crippen LogP contribution in [-0.4, -0.2) is 4.92 Å². The van der Waals surface area contributed by atoms with E-state index in [1.165, 1.54) is 30.3 Å². The highest BCUT2D eigenvalue weighted by molar-refractivity contribution is 6.37. The molecular weight excluding hydrogens is 332 g/mol. The van der Waals surface area contributed by atoms with Crippen LogP contribution < -0.4 is 4.74 Å². The third-order valence-corrected chi connectivity index (χ3v) is 3.27. The average molecular weight is 342 g/mol. The van der Waals surface area contributed by atoms with Crippen molar-refractivity contribution in [3.63, 3.8) is 0 Å². The quantitative estimate of drug-likeness (QED) is 0.570. The predicted octanol–water partition coefficient (Wildman–Crippen LogP) is 4.96. The van der Waals surface area contributed by atoms with E-state index in [1.54, 1.807) is 12.1 Å². The monoisotopic (exact) mass is 341 g/mol. The van der Waals surface area contributed by atoms with Gasteiger partial charge in [-0.1, -0.05) is 35.3 Å². The third-order valence-electron chi connectivity index (χ3n) is 2.71. The van der Waals surface area contributed by atoms with Gasteiger partial charge in [-0.25, -0.2) is 4.39 Å². The predicted molar refractivity (Wildman–Crippen MR) is 83.2 cm³/mol. The number of nitro groups is 1. The molecule has 0 saturated heterocycles. The summed E-state index contributed by atoms with van der Waals surface area (Å²) in [7, 11) is 0. The molecule has 0 unspecified atom stereocenters. The number of benzene rings is 2. The van der Waals surface area contributed by atoms with Crippen LogP contribution in [0.3, 0.4) is 0 Å². The summed E-state index contributed by atoms with van der Waals surface area (Å²) in [6.45, 7) is 0.170. The van der Waals surface area contributed by atoms with E-state index >= 15 is 0 Å². The molecule has 0 aliphatic rings. The van der Waals surface area contributed by atoms with Gasteiger partial charge in [-0.3, -0.25) is 10.1 Å². The second-order valence-corrected chi connectivity index (χ2v) is 5.14. The molecule has 0 aliphatic carbocycles. The first-order valence-electron chi connectivity index (χ1n) is 6.13. The Morgan fingerprint density at radius 1 is 1.18 bits per heavy atom. The minimum atomic E-state index is -0.583. The van der Waals surface area contributed by atoms with Crippen LogP contribution in [0.2, 0.25) is 10.0 Å². The SMILES string of the molecule is O=[N+]([O-])C=Cc1cc(Cl)c(OCc2ccc(F)cc2)c(Cl)c1. The molecule has 0 saturated carbocycles. The van der Waals surface area contributed by atoms with E-state index in [4.69, 9.17) is 27.9 Å². The maximum Gasteiger partial charge on any atom is 0.235 e. The summed E-state index contributed by atoms with van der Waals surface area (Å²) >= 11 is 12.1. The normalized spacial score (nSPS) is 10.9. The highest BCUT2D eigenvalue weighted by Crippen LogP contribution is 2.35. The molecule has 22 heavy (non-hydrogen) atoms. The van der Waals surface area contributed by atoms with Crippen LogP contribution in [-0.2, 0) is 6.61 Å². The lowest BCUT2D eigenvalue weighted by molar-refractivity contribution is -0.400. The van der Waals surface area contributed by atoms with Crippen molar-refractivity contribution in [2.45, 2.75) is 6.61 Å². The van der Waals surface area contributed by atoms with Crippen LogP contribution in [0.4, 0.5) is 4.39 Å². The summed E-state index contributed by atoms with van der Waals surface area (Å²) in [5, 5.41) is 10.8. The summed E-state index contributed by atoms with van der Waals surface area (Å²) in [6, 6.07) is 8.85. The highest BCUT2D eigenvalue weighted by Gasteiger charge is 2.10. The second kappa shape index (κ2) is 7.24. The lowest BCUT2D eigenvalue weighted by Gasteiger charge is -2.11. The maximum atomic E-state index is 12.8. The minimum Gasteiger partial charge on any atom is -0.486 e. The van der Waals surface area contributed by atoms with Gasteiger partial charge >= 0.3 is 0 Å². The average Bonchev–Trinajstić information content (AvgIpc) is 2.46. The van der Waals surface area contributed by atoms with Crippen molar-refractivity contribution in [2.75, 3.05) is 0 Å². The van der Waals surface area contributed by atoms with Crippen LogP contribution >= 0.6 is 23.2 Å².